The van der Waals surface area contributed by atoms with Crippen molar-refractivity contribution in [2.24, 2.45) is 0 Å². The van der Waals surface area contributed by atoms with Gasteiger partial charge >= 0.3 is 0 Å². The van der Waals surface area contributed by atoms with Gasteiger partial charge in [0.25, 0.3) is 0 Å². The summed E-state index contributed by atoms with van der Waals surface area (Å²) in [7, 11) is 4.08. The van der Waals surface area contributed by atoms with Crippen LogP contribution in [0.3, 0.4) is 0 Å². The normalized spacial score (nSPS) is 45.3. The van der Waals surface area contributed by atoms with Crippen molar-refractivity contribution in [2.75, 3.05) is 14.1 Å². The predicted molar refractivity (Wildman–Crippen MR) is 46.6 cm³/mol. The SMILES string of the molecule is CN(C)C1(C)CCCC1(C)O. The molecule has 1 N–H and O–H groups in total. The summed E-state index contributed by atoms with van der Waals surface area (Å²) < 4.78 is 0. The second-order valence-corrected chi connectivity index (χ2v) is 4.30. The van der Waals surface area contributed by atoms with E-state index in [1.807, 2.05) is 21.0 Å². The van der Waals surface area contributed by atoms with Gasteiger partial charge in [-0.1, -0.05) is 0 Å². The molecular formula is C9H19NO. The highest BCUT2D eigenvalue weighted by atomic mass is 16.3. The van der Waals surface area contributed by atoms with Crippen LogP contribution in [0.15, 0.2) is 0 Å². The minimum atomic E-state index is -0.503. The number of aliphatic hydroxyl groups is 1. The average Bonchev–Trinajstić information content (AvgIpc) is 2.09. The summed E-state index contributed by atoms with van der Waals surface area (Å²) in [4.78, 5) is 2.14. The fraction of sp³-hybridized carbons (Fsp3) is 1.00. The van der Waals surface area contributed by atoms with Crippen LogP contribution in [0.2, 0.25) is 0 Å². The molecule has 2 atom stereocenters. The van der Waals surface area contributed by atoms with Gasteiger partial charge in [-0.2, -0.15) is 0 Å². The molecule has 66 valence electrons. The Kier molecular flexibility index (Phi) is 2.01. The van der Waals surface area contributed by atoms with Crippen molar-refractivity contribution in [3.63, 3.8) is 0 Å². The van der Waals surface area contributed by atoms with Crippen LogP contribution >= 0.6 is 0 Å². The molecule has 0 aromatic carbocycles. The monoisotopic (exact) mass is 157 g/mol. The van der Waals surface area contributed by atoms with Crippen LogP contribution in [0.1, 0.15) is 33.1 Å². The van der Waals surface area contributed by atoms with Crippen LogP contribution in [0, 0.1) is 0 Å². The molecule has 1 aliphatic carbocycles. The maximum atomic E-state index is 10.0. The largest absolute Gasteiger partial charge is 0.388 e. The van der Waals surface area contributed by atoms with Crippen molar-refractivity contribution in [3.8, 4) is 0 Å². The highest BCUT2D eigenvalue weighted by Crippen LogP contribution is 2.41. The van der Waals surface area contributed by atoms with Crippen LogP contribution in [0.25, 0.3) is 0 Å². The van der Waals surface area contributed by atoms with Gasteiger partial charge in [0.15, 0.2) is 0 Å². The molecule has 0 aromatic rings. The van der Waals surface area contributed by atoms with Gasteiger partial charge in [0, 0.05) is 5.54 Å². The molecule has 1 saturated carbocycles. The second kappa shape index (κ2) is 2.46. The maximum Gasteiger partial charge on any atom is 0.0799 e. The van der Waals surface area contributed by atoms with Crippen molar-refractivity contribution in [3.05, 3.63) is 0 Å². The van der Waals surface area contributed by atoms with E-state index in [0.29, 0.717) is 0 Å². The average molecular weight is 157 g/mol. The molecule has 11 heavy (non-hydrogen) atoms. The third kappa shape index (κ3) is 1.18. The van der Waals surface area contributed by atoms with Gasteiger partial charge in [0.2, 0.25) is 0 Å². The molecule has 2 unspecified atom stereocenters. The fourth-order valence-corrected chi connectivity index (χ4v) is 2.02. The van der Waals surface area contributed by atoms with Gasteiger partial charge in [-0.05, 0) is 47.2 Å². The lowest BCUT2D eigenvalue weighted by molar-refractivity contribution is -0.0535. The minimum Gasteiger partial charge on any atom is -0.388 e. The first-order valence-electron chi connectivity index (χ1n) is 4.30. The first-order valence-corrected chi connectivity index (χ1v) is 4.30. The molecule has 1 rings (SSSR count). The van der Waals surface area contributed by atoms with E-state index in [-0.39, 0.29) is 5.54 Å². The summed E-state index contributed by atoms with van der Waals surface area (Å²) >= 11 is 0. The second-order valence-electron chi connectivity index (χ2n) is 4.30. The Morgan fingerprint density at radius 3 is 1.91 bits per heavy atom. The molecule has 2 heteroatoms. The smallest absolute Gasteiger partial charge is 0.0799 e. The fourth-order valence-electron chi connectivity index (χ4n) is 2.02. The number of likely N-dealkylation sites (N-methyl/N-ethyl adjacent to an activating group) is 1. The van der Waals surface area contributed by atoms with Crippen molar-refractivity contribution >= 4 is 0 Å². The van der Waals surface area contributed by atoms with E-state index in [1.54, 1.807) is 0 Å². The molecule has 0 aromatic heterocycles. The van der Waals surface area contributed by atoms with Crippen LogP contribution in [0.4, 0.5) is 0 Å². The Bertz CT molecular complexity index is 154. The lowest BCUT2D eigenvalue weighted by atomic mass is 9.85. The predicted octanol–water partition coefficient (Wildman–Crippen LogP) is 1.24. The van der Waals surface area contributed by atoms with E-state index < -0.39 is 5.60 Å². The zero-order chi connectivity index (χ0) is 8.70. The summed E-state index contributed by atoms with van der Waals surface area (Å²) in [6.07, 6.45) is 3.18. The van der Waals surface area contributed by atoms with Gasteiger partial charge in [0.1, 0.15) is 0 Å². The number of nitrogens with zero attached hydrogens (tertiary/aromatic N) is 1. The Hall–Kier alpha value is -0.0800. The van der Waals surface area contributed by atoms with Gasteiger partial charge in [-0.25, -0.2) is 0 Å². The Morgan fingerprint density at radius 2 is 1.73 bits per heavy atom. The molecule has 1 fully saturated rings. The first-order chi connectivity index (χ1) is 4.90. The summed E-state index contributed by atoms with van der Waals surface area (Å²) in [6.45, 7) is 4.08. The van der Waals surface area contributed by atoms with E-state index >= 15 is 0 Å². The van der Waals surface area contributed by atoms with Gasteiger partial charge in [0.05, 0.1) is 5.60 Å². The Morgan fingerprint density at radius 1 is 1.18 bits per heavy atom. The molecule has 2 nitrogen and oxygen atoms in total. The highest BCUT2D eigenvalue weighted by molar-refractivity contribution is 5.04. The van der Waals surface area contributed by atoms with Crippen LogP contribution < -0.4 is 0 Å². The van der Waals surface area contributed by atoms with Crippen LogP contribution in [-0.4, -0.2) is 35.2 Å². The maximum absolute atomic E-state index is 10.0. The molecular weight excluding hydrogens is 138 g/mol. The van der Waals surface area contributed by atoms with E-state index in [4.69, 9.17) is 0 Å². The number of rotatable bonds is 1. The summed E-state index contributed by atoms with van der Waals surface area (Å²) in [5.41, 5.74) is -0.524. The van der Waals surface area contributed by atoms with E-state index in [9.17, 15) is 5.11 Å². The van der Waals surface area contributed by atoms with E-state index in [1.165, 1.54) is 0 Å². The molecule has 0 aliphatic heterocycles. The molecule has 0 spiro atoms. The highest BCUT2D eigenvalue weighted by Gasteiger charge is 2.48. The first kappa shape index (κ1) is 9.01. The van der Waals surface area contributed by atoms with Crippen molar-refractivity contribution < 1.29 is 5.11 Å². The molecule has 0 saturated heterocycles. The zero-order valence-corrected chi connectivity index (χ0v) is 8.02. The van der Waals surface area contributed by atoms with E-state index in [0.717, 1.165) is 19.3 Å². The minimum absolute atomic E-state index is 0.0208. The molecule has 1 aliphatic rings. The summed E-state index contributed by atoms with van der Waals surface area (Å²) in [6, 6.07) is 0. The quantitative estimate of drug-likeness (QED) is 0.619. The van der Waals surface area contributed by atoms with Gasteiger partial charge < -0.3 is 10.0 Å². The lowest BCUT2D eigenvalue weighted by Crippen LogP contribution is -2.54. The van der Waals surface area contributed by atoms with Crippen molar-refractivity contribution in [2.45, 2.75) is 44.2 Å². The van der Waals surface area contributed by atoms with Gasteiger partial charge in [-0.15, -0.1) is 0 Å². The van der Waals surface area contributed by atoms with Gasteiger partial charge in [-0.3, -0.25) is 0 Å². The van der Waals surface area contributed by atoms with Crippen molar-refractivity contribution in [1.82, 2.24) is 4.90 Å². The molecule has 0 amide bonds. The van der Waals surface area contributed by atoms with Crippen molar-refractivity contribution in [1.29, 1.82) is 0 Å². The van der Waals surface area contributed by atoms with Crippen LogP contribution in [0.5, 0.6) is 0 Å². The number of hydrogen-bond acceptors (Lipinski definition) is 2. The topological polar surface area (TPSA) is 23.5 Å². The lowest BCUT2D eigenvalue weighted by Gasteiger charge is -2.42. The third-order valence-electron chi connectivity index (χ3n) is 3.47. The zero-order valence-electron chi connectivity index (χ0n) is 8.02. The van der Waals surface area contributed by atoms with Crippen LogP contribution in [-0.2, 0) is 0 Å². The number of hydrogen-bond donors (Lipinski definition) is 1. The standard InChI is InChI=1S/C9H19NO/c1-8(10(3)4)6-5-7-9(8,2)11/h11H,5-7H2,1-4H3. The molecule has 0 bridgehead atoms. The molecule has 0 heterocycles. The third-order valence-corrected chi connectivity index (χ3v) is 3.47. The summed E-state index contributed by atoms with van der Waals surface area (Å²) in [5.74, 6) is 0. The Balaban J connectivity index is 2.84. The van der Waals surface area contributed by atoms with E-state index in [2.05, 4.69) is 11.8 Å². The molecule has 0 radical (unpaired) electrons. The summed E-state index contributed by atoms with van der Waals surface area (Å²) in [5, 5.41) is 10.0. The Labute approximate surface area is 69.2 Å².